The highest BCUT2D eigenvalue weighted by Gasteiger charge is 2.33. The van der Waals surface area contributed by atoms with E-state index in [9.17, 15) is 18.0 Å². The number of hydrogen-bond donors (Lipinski definition) is 3. The van der Waals surface area contributed by atoms with Crippen LogP contribution < -0.4 is 21.1 Å². The number of primary amides is 1. The zero-order valence-corrected chi connectivity index (χ0v) is 22.7. The van der Waals surface area contributed by atoms with Crippen molar-refractivity contribution in [1.82, 2.24) is 25.1 Å². The van der Waals surface area contributed by atoms with Crippen molar-refractivity contribution in [3.05, 3.63) is 47.1 Å². The Balaban J connectivity index is 0.00000353. The van der Waals surface area contributed by atoms with Crippen molar-refractivity contribution in [2.24, 2.45) is 5.73 Å². The summed E-state index contributed by atoms with van der Waals surface area (Å²) in [5, 5.41) is 11.4. The molecule has 1 saturated heterocycles. The number of nitrogens with one attached hydrogen (secondary N) is 2. The number of thiophene rings is 1. The standard InChI is InChI=1S/C25H26F3N7O2S.ClH/c1-13(2)35-19(11-16(34-35)14-7-9-30-10-8-14)32-24-31-12-18-21(33-24)20(22(38-18)23(29)36)15-5-3-4-6-17(15)37-25(26,27)28;/h3-6,11-14,30H,7-10H2,1-2H3,(H2,29,36)(H,31,32,33);1H. The van der Waals surface area contributed by atoms with E-state index in [2.05, 4.69) is 25.3 Å². The van der Waals surface area contributed by atoms with Gasteiger partial charge < -0.3 is 21.1 Å². The summed E-state index contributed by atoms with van der Waals surface area (Å²) in [5.74, 6) is -0.00313. The molecular weight excluding hydrogens is 555 g/mol. The monoisotopic (exact) mass is 581 g/mol. The van der Waals surface area contributed by atoms with Gasteiger partial charge in [0.2, 0.25) is 5.95 Å². The van der Waals surface area contributed by atoms with Gasteiger partial charge in [0.1, 0.15) is 16.4 Å². The topological polar surface area (TPSA) is 120 Å². The number of carbonyl (C=O) groups is 1. The van der Waals surface area contributed by atoms with E-state index >= 15 is 0 Å². The smallest absolute Gasteiger partial charge is 0.405 e. The normalized spacial score (nSPS) is 14.4. The van der Waals surface area contributed by atoms with Gasteiger partial charge in [0, 0.05) is 29.2 Å². The van der Waals surface area contributed by atoms with Crippen LogP contribution in [0.4, 0.5) is 24.9 Å². The summed E-state index contributed by atoms with van der Waals surface area (Å²) in [6.07, 6.45) is -1.42. The minimum Gasteiger partial charge on any atom is -0.405 e. The maximum absolute atomic E-state index is 13.1. The molecule has 0 bridgehead atoms. The van der Waals surface area contributed by atoms with E-state index in [1.807, 2.05) is 24.6 Å². The number of piperidine rings is 1. The molecule has 1 fully saturated rings. The number of para-hydroxylation sites is 1. The predicted octanol–water partition coefficient (Wildman–Crippen LogP) is 5.77. The van der Waals surface area contributed by atoms with Crippen LogP contribution in [0.5, 0.6) is 5.75 Å². The highest BCUT2D eigenvalue weighted by atomic mass is 35.5. The maximum atomic E-state index is 13.1. The first-order valence-corrected chi connectivity index (χ1v) is 12.9. The zero-order chi connectivity index (χ0) is 27.0. The molecule has 9 nitrogen and oxygen atoms in total. The molecule has 0 radical (unpaired) electrons. The zero-order valence-electron chi connectivity index (χ0n) is 21.1. The number of hydrogen-bond acceptors (Lipinski definition) is 8. The van der Waals surface area contributed by atoms with E-state index in [-0.39, 0.29) is 45.9 Å². The van der Waals surface area contributed by atoms with Crippen LogP contribution >= 0.6 is 23.7 Å². The number of carbonyl (C=O) groups excluding carboxylic acids is 1. The molecule has 1 aliphatic rings. The molecule has 4 heterocycles. The lowest BCUT2D eigenvalue weighted by Gasteiger charge is -2.20. The quantitative estimate of drug-likeness (QED) is 0.253. The van der Waals surface area contributed by atoms with Crippen LogP contribution in [0, 0.1) is 0 Å². The van der Waals surface area contributed by atoms with Crippen molar-refractivity contribution in [2.75, 3.05) is 18.4 Å². The Hall–Kier alpha value is -3.42. The summed E-state index contributed by atoms with van der Waals surface area (Å²) in [5.41, 5.74) is 7.09. The Bertz CT molecular complexity index is 1480. The summed E-state index contributed by atoms with van der Waals surface area (Å²) in [6.45, 7) is 5.90. The van der Waals surface area contributed by atoms with Crippen LogP contribution in [0.3, 0.4) is 0 Å². The van der Waals surface area contributed by atoms with Crippen molar-refractivity contribution in [2.45, 2.75) is 45.0 Å². The van der Waals surface area contributed by atoms with Gasteiger partial charge in [-0.2, -0.15) is 5.10 Å². The van der Waals surface area contributed by atoms with Gasteiger partial charge in [-0.15, -0.1) is 36.9 Å². The molecule has 0 unspecified atom stereocenters. The molecule has 1 aliphatic heterocycles. The second kappa shape index (κ2) is 11.4. The largest absolute Gasteiger partial charge is 0.573 e. The molecule has 4 N–H and O–H groups in total. The minimum absolute atomic E-state index is 0. The van der Waals surface area contributed by atoms with Gasteiger partial charge in [-0.1, -0.05) is 18.2 Å². The van der Waals surface area contributed by atoms with E-state index in [0.717, 1.165) is 43.0 Å². The predicted molar refractivity (Wildman–Crippen MR) is 146 cm³/mol. The van der Waals surface area contributed by atoms with Crippen molar-refractivity contribution in [1.29, 1.82) is 0 Å². The van der Waals surface area contributed by atoms with Gasteiger partial charge in [0.05, 0.1) is 22.1 Å². The van der Waals surface area contributed by atoms with Crippen molar-refractivity contribution in [3.8, 4) is 16.9 Å². The Kier molecular flexibility index (Phi) is 8.33. The van der Waals surface area contributed by atoms with Crippen LogP contribution in [-0.2, 0) is 0 Å². The number of aromatic nitrogens is 4. The van der Waals surface area contributed by atoms with Crippen LogP contribution in [0.2, 0.25) is 0 Å². The first-order chi connectivity index (χ1) is 18.1. The highest BCUT2D eigenvalue weighted by Crippen LogP contribution is 2.43. The average Bonchev–Trinajstić information content (AvgIpc) is 3.46. The van der Waals surface area contributed by atoms with Crippen LogP contribution in [-0.4, -0.2) is 45.1 Å². The summed E-state index contributed by atoms with van der Waals surface area (Å²) >= 11 is 1.01. The number of nitrogens with two attached hydrogens (primary N) is 1. The molecule has 208 valence electrons. The highest BCUT2D eigenvalue weighted by molar-refractivity contribution is 7.21. The van der Waals surface area contributed by atoms with Crippen LogP contribution in [0.1, 0.15) is 54.0 Å². The van der Waals surface area contributed by atoms with E-state index in [1.54, 1.807) is 6.07 Å². The number of alkyl halides is 3. The van der Waals surface area contributed by atoms with Gasteiger partial charge in [-0.05, 0) is 45.8 Å². The van der Waals surface area contributed by atoms with Gasteiger partial charge in [-0.25, -0.2) is 14.6 Å². The van der Waals surface area contributed by atoms with E-state index in [4.69, 9.17) is 10.8 Å². The van der Waals surface area contributed by atoms with E-state index in [0.29, 0.717) is 16.4 Å². The number of anilines is 2. The van der Waals surface area contributed by atoms with Gasteiger partial charge in [0.25, 0.3) is 5.91 Å². The summed E-state index contributed by atoms with van der Waals surface area (Å²) in [4.78, 5) is 21.3. The molecular formula is C25H27ClF3N7O2S. The Morgan fingerprint density at radius 3 is 2.64 bits per heavy atom. The van der Waals surface area contributed by atoms with Crippen LogP contribution in [0.15, 0.2) is 36.5 Å². The molecule has 1 amide bonds. The molecule has 3 aromatic heterocycles. The third-order valence-electron chi connectivity index (χ3n) is 6.28. The third-order valence-corrected chi connectivity index (χ3v) is 7.41. The summed E-state index contributed by atoms with van der Waals surface area (Å²) in [7, 11) is 0. The molecule has 0 aliphatic carbocycles. The fourth-order valence-corrected chi connectivity index (χ4v) is 5.57. The van der Waals surface area contributed by atoms with Gasteiger partial charge >= 0.3 is 6.36 Å². The van der Waals surface area contributed by atoms with Crippen molar-refractivity contribution >= 4 is 51.6 Å². The minimum atomic E-state index is -4.92. The molecule has 14 heteroatoms. The number of rotatable bonds is 7. The molecule has 39 heavy (non-hydrogen) atoms. The number of nitrogens with zero attached hydrogens (tertiary/aromatic N) is 4. The lowest BCUT2D eigenvalue weighted by atomic mass is 9.95. The van der Waals surface area contributed by atoms with Gasteiger partial charge in [-0.3, -0.25) is 4.79 Å². The van der Waals surface area contributed by atoms with Crippen molar-refractivity contribution < 1.29 is 22.7 Å². The fourth-order valence-electron chi connectivity index (χ4n) is 4.60. The molecule has 0 atom stereocenters. The first-order valence-electron chi connectivity index (χ1n) is 12.1. The number of ether oxygens (including phenoxy) is 1. The van der Waals surface area contributed by atoms with Crippen molar-refractivity contribution in [3.63, 3.8) is 0 Å². The Morgan fingerprint density at radius 1 is 1.26 bits per heavy atom. The molecule has 0 spiro atoms. The third kappa shape index (κ3) is 6.10. The Morgan fingerprint density at radius 2 is 1.97 bits per heavy atom. The molecule has 1 aromatic carbocycles. The SMILES string of the molecule is CC(C)n1nc(C2CCNCC2)cc1Nc1ncc2sc(C(N)=O)c(-c3ccccc3OC(F)(F)F)c2n1.Cl. The second-order valence-corrected chi connectivity index (χ2v) is 10.3. The van der Waals surface area contributed by atoms with Crippen LogP contribution in [0.25, 0.3) is 21.3 Å². The second-order valence-electron chi connectivity index (χ2n) is 9.26. The van der Waals surface area contributed by atoms with E-state index in [1.165, 1.54) is 24.4 Å². The fraction of sp³-hybridized carbons (Fsp3) is 0.360. The summed E-state index contributed by atoms with van der Waals surface area (Å²) in [6, 6.07) is 7.62. The van der Waals surface area contributed by atoms with E-state index < -0.39 is 18.0 Å². The lowest BCUT2D eigenvalue weighted by molar-refractivity contribution is -0.274. The number of fused-ring (bicyclic) bond motifs is 1. The maximum Gasteiger partial charge on any atom is 0.573 e. The van der Waals surface area contributed by atoms with Gasteiger partial charge in [0.15, 0.2) is 0 Å². The molecule has 0 saturated carbocycles. The number of halogens is 4. The molecule has 4 aromatic rings. The Labute approximate surface area is 232 Å². The number of amides is 1. The first kappa shape index (κ1) is 28.6. The summed E-state index contributed by atoms with van der Waals surface area (Å²) < 4.78 is 46.0. The number of benzene rings is 1. The molecule has 5 rings (SSSR count). The average molecular weight is 582 g/mol. The lowest BCUT2D eigenvalue weighted by Crippen LogP contribution is -2.26.